The van der Waals surface area contributed by atoms with Crippen molar-refractivity contribution in [3.63, 3.8) is 0 Å². The highest BCUT2D eigenvalue weighted by Gasteiger charge is 2.32. The van der Waals surface area contributed by atoms with E-state index in [4.69, 9.17) is 4.74 Å². The quantitative estimate of drug-likeness (QED) is 0.612. The summed E-state index contributed by atoms with van der Waals surface area (Å²) in [6, 6.07) is 3.32. The van der Waals surface area contributed by atoms with Crippen LogP contribution in [0.4, 0.5) is 11.4 Å². The van der Waals surface area contributed by atoms with Crippen LogP contribution in [0.2, 0.25) is 0 Å². The molecule has 8 heteroatoms. The van der Waals surface area contributed by atoms with Crippen molar-refractivity contribution in [1.82, 2.24) is 5.32 Å². The Morgan fingerprint density at radius 1 is 1.33 bits per heavy atom. The second-order valence-electron chi connectivity index (χ2n) is 5.85. The van der Waals surface area contributed by atoms with Crippen LogP contribution in [-0.2, 0) is 9.59 Å². The molecule has 2 N–H and O–H groups in total. The number of hydrogen-bond donors (Lipinski definition) is 2. The van der Waals surface area contributed by atoms with Crippen molar-refractivity contribution in [2.24, 2.45) is 5.92 Å². The van der Waals surface area contributed by atoms with Crippen molar-refractivity contribution in [3.8, 4) is 5.75 Å². The van der Waals surface area contributed by atoms with Gasteiger partial charge in [0.2, 0.25) is 11.8 Å². The average molecular weight is 335 g/mol. The Bertz CT molecular complexity index is 641. The minimum absolute atomic E-state index is 0.0681. The maximum atomic E-state index is 12.6. The Morgan fingerprint density at radius 3 is 2.54 bits per heavy atom. The molecule has 0 aromatic heterocycles. The van der Waals surface area contributed by atoms with Crippen molar-refractivity contribution in [3.05, 3.63) is 28.3 Å². The molecule has 1 aliphatic carbocycles. The molecule has 0 bridgehead atoms. The third-order valence-electron chi connectivity index (χ3n) is 4.16. The number of nitro groups is 1. The molecule has 8 nitrogen and oxygen atoms in total. The Kier molecular flexibility index (Phi) is 5.73. The lowest BCUT2D eigenvalue weighted by molar-refractivity contribution is -0.384. The smallest absolute Gasteiger partial charge is 0.271 e. The Labute approximate surface area is 139 Å². The molecule has 1 aromatic carbocycles. The number of nitrogens with zero attached hydrogens (tertiary/aromatic N) is 1. The minimum atomic E-state index is -0.658. The van der Waals surface area contributed by atoms with E-state index in [1.165, 1.54) is 32.2 Å². The van der Waals surface area contributed by atoms with Gasteiger partial charge in [-0.3, -0.25) is 19.7 Å². The van der Waals surface area contributed by atoms with Crippen LogP contribution in [0, 0.1) is 16.0 Å². The second-order valence-corrected chi connectivity index (χ2v) is 5.85. The summed E-state index contributed by atoms with van der Waals surface area (Å²) in [4.78, 5) is 34.4. The molecule has 130 valence electrons. The number of rotatable bonds is 6. The zero-order valence-electron chi connectivity index (χ0n) is 13.7. The first-order valence-electron chi connectivity index (χ1n) is 7.82. The first-order chi connectivity index (χ1) is 11.4. The lowest BCUT2D eigenvalue weighted by Crippen LogP contribution is -2.47. The van der Waals surface area contributed by atoms with Gasteiger partial charge in [0.15, 0.2) is 0 Å². The fraction of sp³-hybridized carbons (Fsp3) is 0.500. The zero-order valence-corrected chi connectivity index (χ0v) is 13.7. The fourth-order valence-electron chi connectivity index (χ4n) is 3.02. The number of amides is 2. The van der Waals surface area contributed by atoms with Crippen LogP contribution >= 0.6 is 0 Å². The molecule has 1 saturated carbocycles. The molecule has 1 fully saturated rings. The van der Waals surface area contributed by atoms with Gasteiger partial charge in [-0.1, -0.05) is 12.8 Å². The number of ether oxygens (including phenoxy) is 1. The topological polar surface area (TPSA) is 111 Å². The summed E-state index contributed by atoms with van der Waals surface area (Å²) in [5.41, 5.74) is 0.0630. The Balaban J connectivity index is 2.23. The van der Waals surface area contributed by atoms with Crippen molar-refractivity contribution in [2.75, 3.05) is 12.4 Å². The van der Waals surface area contributed by atoms with Crippen LogP contribution in [0.5, 0.6) is 5.75 Å². The van der Waals surface area contributed by atoms with Crippen LogP contribution in [0.15, 0.2) is 18.2 Å². The molecular weight excluding hydrogens is 314 g/mol. The third-order valence-corrected chi connectivity index (χ3v) is 4.16. The molecular formula is C16H21N3O5. The second kappa shape index (κ2) is 7.76. The Hall–Kier alpha value is -2.64. The van der Waals surface area contributed by atoms with E-state index in [1.54, 1.807) is 0 Å². The van der Waals surface area contributed by atoms with Gasteiger partial charge in [-0.25, -0.2) is 0 Å². The normalized spacial score (nSPS) is 15.6. The standard InChI is InChI=1S/C16H21N3O5/c1-10(20)17-15(11-5-3-4-6-11)16(21)18-13-9-12(19(22)23)7-8-14(13)24-2/h7-9,11,15H,3-6H2,1-2H3,(H,17,20)(H,18,21). The van der Waals surface area contributed by atoms with Gasteiger partial charge in [0.1, 0.15) is 11.8 Å². The van der Waals surface area contributed by atoms with Crippen molar-refractivity contribution in [1.29, 1.82) is 0 Å². The van der Waals surface area contributed by atoms with E-state index < -0.39 is 16.9 Å². The van der Waals surface area contributed by atoms with E-state index in [0.717, 1.165) is 25.7 Å². The number of nitro benzene ring substituents is 1. The van der Waals surface area contributed by atoms with Gasteiger partial charge in [-0.15, -0.1) is 0 Å². The molecule has 24 heavy (non-hydrogen) atoms. The van der Waals surface area contributed by atoms with Crippen molar-refractivity contribution in [2.45, 2.75) is 38.6 Å². The highest BCUT2D eigenvalue weighted by atomic mass is 16.6. The van der Waals surface area contributed by atoms with Crippen LogP contribution in [0.3, 0.4) is 0 Å². The summed E-state index contributed by atoms with van der Waals surface area (Å²) in [5.74, 6) is -0.288. The van der Waals surface area contributed by atoms with Crippen LogP contribution in [0.25, 0.3) is 0 Å². The van der Waals surface area contributed by atoms with Crippen LogP contribution < -0.4 is 15.4 Å². The first kappa shape index (κ1) is 17.7. The maximum absolute atomic E-state index is 12.6. The molecule has 1 unspecified atom stereocenters. The van der Waals surface area contributed by atoms with E-state index in [0.29, 0.717) is 5.75 Å². The summed E-state index contributed by atoms with van der Waals surface area (Å²) < 4.78 is 5.14. The van der Waals surface area contributed by atoms with Gasteiger partial charge in [0.05, 0.1) is 17.7 Å². The SMILES string of the molecule is COc1ccc([N+](=O)[O-])cc1NC(=O)C(NC(C)=O)C1CCCC1. The highest BCUT2D eigenvalue weighted by Crippen LogP contribution is 2.31. The number of nitrogens with one attached hydrogen (secondary N) is 2. The average Bonchev–Trinajstić information content (AvgIpc) is 3.06. The first-order valence-corrected chi connectivity index (χ1v) is 7.82. The minimum Gasteiger partial charge on any atom is -0.495 e. The number of methoxy groups -OCH3 is 1. The Morgan fingerprint density at radius 2 is 2.00 bits per heavy atom. The third kappa shape index (κ3) is 4.21. The fourth-order valence-corrected chi connectivity index (χ4v) is 3.02. The predicted octanol–water partition coefficient (Wildman–Crippen LogP) is 2.24. The summed E-state index contributed by atoms with van der Waals surface area (Å²) in [5, 5.41) is 16.3. The summed E-state index contributed by atoms with van der Waals surface area (Å²) in [6.07, 6.45) is 3.78. The molecule has 1 aromatic rings. The van der Waals surface area contributed by atoms with Crippen molar-refractivity contribution >= 4 is 23.2 Å². The van der Waals surface area contributed by atoms with Crippen molar-refractivity contribution < 1.29 is 19.2 Å². The summed E-state index contributed by atoms with van der Waals surface area (Å²) in [7, 11) is 1.42. The molecule has 0 heterocycles. The molecule has 1 atom stereocenters. The molecule has 0 spiro atoms. The number of carbonyl (C=O) groups is 2. The molecule has 2 amide bonds. The molecule has 0 radical (unpaired) electrons. The van der Waals surface area contributed by atoms with E-state index in [9.17, 15) is 19.7 Å². The predicted molar refractivity (Wildman–Crippen MR) is 87.8 cm³/mol. The number of anilines is 1. The lowest BCUT2D eigenvalue weighted by Gasteiger charge is -2.23. The molecule has 1 aliphatic rings. The van der Waals surface area contributed by atoms with Gasteiger partial charge in [0, 0.05) is 19.1 Å². The number of carbonyl (C=O) groups excluding carboxylic acids is 2. The van der Waals surface area contributed by atoms with Gasteiger partial charge in [0.25, 0.3) is 5.69 Å². The van der Waals surface area contributed by atoms with E-state index in [-0.39, 0.29) is 23.2 Å². The number of hydrogen-bond acceptors (Lipinski definition) is 5. The largest absolute Gasteiger partial charge is 0.495 e. The van der Waals surface area contributed by atoms with Gasteiger partial charge >= 0.3 is 0 Å². The maximum Gasteiger partial charge on any atom is 0.271 e. The zero-order chi connectivity index (χ0) is 17.7. The number of non-ortho nitro benzene ring substituents is 1. The van der Waals surface area contributed by atoms with E-state index in [2.05, 4.69) is 10.6 Å². The lowest BCUT2D eigenvalue weighted by atomic mass is 9.97. The van der Waals surface area contributed by atoms with Gasteiger partial charge < -0.3 is 15.4 Å². The van der Waals surface area contributed by atoms with Crippen LogP contribution in [-0.4, -0.2) is 29.9 Å². The highest BCUT2D eigenvalue weighted by molar-refractivity contribution is 5.98. The summed E-state index contributed by atoms with van der Waals surface area (Å²) >= 11 is 0. The number of benzene rings is 1. The van der Waals surface area contributed by atoms with E-state index >= 15 is 0 Å². The molecule has 0 aliphatic heterocycles. The van der Waals surface area contributed by atoms with Gasteiger partial charge in [-0.2, -0.15) is 0 Å². The summed E-state index contributed by atoms with van der Waals surface area (Å²) in [6.45, 7) is 1.36. The monoisotopic (exact) mass is 335 g/mol. The molecule has 0 saturated heterocycles. The molecule has 2 rings (SSSR count). The van der Waals surface area contributed by atoms with Crippen LogP contribution in [0.1, 0.15) is 32.6 Å². The van der Waals surface area contributed by atoms with E-state index in [1.807, 2.05) is 0 Å². The van der Waals surface area contributed by atoms with Gasteiger partial charge in [-0.05, 0) is 24.8 Å².